The van der Waals surface area contributed by atoms with Gasteiger partial charge in [0.25, 0.3) is 0 Å². The molecule has 0 heterocycles. The molecule has 0 aliphatic heterocycles. The SMILES string of the molecule is COc1cccc(S(=O)CCCCC#N)c1. The number of nitrogens with zero attached hydrogens (tertiary/aromatic N) is 1. The summed E-state index contributed by atoms with van der Waals surface area (Å²) in [6.45, 7) is 0. The largest absolute Gasteiger partial charge is 0.497 e. The number of benzene rings is 1. The van der Waals surface area contributed by atoms with Gasteiger partial charge in [-0.05, 0) is 31.0 Å². The molecule has 0 saturated carbocycles. The lowest BCUT2D eigenvalue weighted by Crippen LogP contribution is -1.98. The van der Waals surface area contributed by atoms with Crippen LogP contribution in [0, 0.1) is 11.3 Å². The highest BCUT2D eigenvalue weighted by molar-refractivity contribution is 7.85. The van der Waals surface area contributed by atoms with Crippen molar-refractivity contribution in [1.29, 1.82) is 5.26 Å². The number of ether oxygens (including phenoxy) is 1. The Kier molecular flexibility index (Phi) is 5.58. The Hall–Kier alpha value is -1.34. The van der Waals surface area contributed by atoms with Gasteiger partial charge in [0.1, 0.15) is 5.75 Å². The second-order valence-electron chi connectivity index (χ2n) is 3.34. The lowest BCUT2D eigenvalue weighted by Gasteiger charge is -2.04. The summed E-state index contributed by atoms with van der Waals surface area (Å²) >= 11 is 0. The molecule has 0 spiro atoms. The van der Waals surface area contributed by atoms with Gasteiger partial charge in [-0.3, -0.25) is 4.21 Å². The Balaban J connectivity index is 2.49. The fraction of sp³-hybridized carbons (Fsp3) is 0.417. The van der Waals surface area contributed by atoms with Gasteiger partial charge >= 0.3 is 0 Å². The molecule has 4 heteroatoms. The number of hydrogen-bond donors (Lipinski definition) is 0. The van der Waals surface area contributed by atoms with Gasteiger partial charge in [-0.25, -0.2) is 0 Å². The van der Waals surface area contributed by atoms with E-state index in [1.165, 1.54) is 0 Å². The van der Waals surface area contributed by atoms with Gasteiger partial charge < -0.3 is 4.74 Å². The summed E-state index contributed by atoms with van der Waals surface area (Å²) in [5.41, 5.74) is 0. The van der Waals surface area contributed by atoms with Crippen LogP contribution in [0.2, 0.25) is 0 Å². The van der Waals surface area contributed by atoms with Crippen LogP contribution in [0.5, 0.6) is 5.75 Å². The van der Waals surface area contributed by atoms with Gasteiger partial charge in [0.2, 0.25) is 0 Å². The van der Waals surface area contributed by atoms with Crippen molar-refractivity contribution in [2.24, 2.45) is 0 Å². The molecule has 0 fully saturated rings. The summed E-state index contributed by atoms with van der Waals surface area (Å²) in [4.78, 5) is 0.788. The average molecular weight is 237 g/mol. The molecule has 3 nitrogen and oxygen atoms in total. The predicted molar refractivity (Wildman–Crippen MR) is 63.7 cm³/mol. The van der Waals surface area contributed by atoms with Crippen molar-refractivity contribution in [2.45, 2.75) is 24.2 Å². The molecule has 16 heavy (non-hydrogen) atoms. The van der Waals surface area contributed by atoms with Crippen LogP contribution in [0.4, 0.5) is 0 Å². The van der Waals surface area contributed by atoms with Crippen molar-refractivity contribution in [3.8, 4) is 11.8 Å². The normalized spacial score (nSPS) is 11.8. The zero-order valence-corrected chi connectivity index (χ0v) is 10.1. The maximum atomic E-state index is 11.8. The zero-order chi connectivity index (χ0) is 11.8. The lowest BCUT2D eigenvalue weighted by atomic mass is 10.3. The molecule has 0 aliphatic carbocycles. The fourth-order valence-electron chi connectivity index (χ4n) is 1.30. The molecule has 0 saturated heterocycles. The highest BCUT2D eigenvalue weighted by Crippen LogP contribution is 2.16. The molecule has 1 unspecified atom stereocenters. The number of rotatable bonds is 6. The van der Waals surface area contributed by atoms with E-state index in [-0.39, 0.29) is 0 Å². The van der Waals surface area contributed by atoms with Crippen molar-refractivity contribution in [2.75, 3.05) is 12.9 Å². The fourth-order valence-corrected chi connectivity index (χ4v) is 2.48. The average Bonchev–Trinajstić information content (AvgIpc) is 2.34. The summed E-state index contributed by atoms with van der Waals surface area (Å²) in [5, 5.41) is 8.37. The standard InChI is InChI=1S/C12H15NO2S/c1-15-11-6-5-7-12(10-11)16(14)9-4-2-3-8-13/h5-7,10H,2-4,9H2,1H3. The minimum atomic E-state index is -0.988. The van der Waals surface area contributed by atoms with Gasteiger partial charge in [0, 0.05) is 17.1 Å². The van der Waals surface area contributed by atoms with E-state index in [4.69, 9.17) is 10.00 Å². The predicted octanol–water partition coefficient (Wildman–Crippen LogP) is 2.50. The summed E-state index contributed by atoms with van der Waals surface area (Å²) in [6.07, 6.45) is 2.17. The van der Waals surface area contributed by atoms with E-state index >= 15 is 0 Å². The van der Waals surface area contributed by atoms with Gasteiger partial charge in [-0.2, -0.15) is 5.26 Å². The molecule has 0 aromatic heterocycles. The first kappa shape index (κ1) is 12.7. The molecule has 0 N–H and O–H groups in total. The van der Waals surface area contributed by atoms with Crippen molar-refractivity contribution >= 4 is 10.8 Å². The van der Waals surface area contributed by atoms with Gasteiger partial charge in [-0.1, -0.05) is 6.07 Å². The molecule has 0 amide bonds. The maximum absolute atomic E-state index is 11.8. The molecular weight excluding hydrogens is 222 g/mol. The molecule has 86 valence electrons. The van der Waals surface area contributed by atoms with Crippen LogP contribution in [0.3, 0.4) is 0 Å². The lowest BCUT2D eigenvalue weighted by molar-refractivity contribution is 0.413. The zero-order valence-electron chi connectivity index (χ0n) is 9.31. The van der Waals surface area contributed by atoms with Crippen molar-refractivity contribution < 1.29 is 8.95 Å². The highest BCUT2D eigenvalue weighted by Gasteiger charge is 2.04. The van der Waals surface area contributed by atoms with Crippen LogP contribution in [0.25, 0.3) is 0 Å². The Morgan fingerprint density at radius 3 is 2.94 bits per heavy atom. The van der Waals surface area contributed by atoms with Gasteiger partial charge in [0.05, 0.1) is 24.0 Å². The quantitative estimate of drug-likeness (QED) is 0.714. The molecule has 0 aliphatic rings. The van der Waals surface area contributed by atoms with Gasteiger partial charge in [-0.15, -0.1) is 0 Å². The van der Waals surface area contributed by atoms with Crippen molar-refractivity contribution in [1.82, 2.24) is 0 Å². The Labute approximate surface area is 98.5 Å². The smallest absolute Gasteiger partial charge is 0.120 e. The number of methoxy groups -OCH3 is 1. The topological polar surface area (TPSA) is 50.1 Å². The van der Waals surface area contributed by atoms with Crippen LogP contribution in [0.15, 0.2) is 29.2 Å². The van der Waals surface area contributed by atoms with E-state index in [1.807, 2.05) is 18.2 Å². The van der Waals surface area contributed by atoms with Crippen LogP contribution >= 0.6 is 0 Å². The first-order valence-electron chi connectivity index (χ1n) is 5.17. The minimum absolute atomic E-state index is 0.537. The molecule has 1 rings (SSSR count). The third kappa shape index (κ3) is 4.03. The first-order valence-corrected chi connectivity index (χ1v) is 6.49. The molecule has 1 atom stereocenters. The molecule has 0 radical (unpaired) electrons. The number of hydrogen-bond acceptors (Lipinski definition) is 3. The third-order valence-corrected chi connectivity index (χ3v) is 3.61. The molecular formula is C12H15NO2S. The second-order valence-corrected chi connectivity index (χ2v) is 4.91. The van der Waals surface area contributed by atoms with Crippen molar-refractivity contribution in [3.05, 3.63) is 24.3 Å². The van der Waals surface area contributed by atoms with Crippen LogP contribution in [-0.2, 0) is 10.8 Å². The van der Waals surface area contributed by atoms with Crippen LogP contribution in [-0.4, -0.2) is 17.1 Å². The minimum Gasteiger partial charge on any atom is -0.497 e. The Morgan fingerprint density at radius 2 is 2.25 bits per heavy atom. The van der Waals surface area contributed by atoms with Gasteiger partial charge in [0.15, 0.2) is 0 Å². The van der Waals surface area contributed by atoms with E-state index in [0.717, 1.165) is 23.5 Å². The Bertz CT molecular complexity index is 398. The molecule has 1 aromatic rings. The van der Waals surface area contributed by atoms with E-state index in [2.05, 4.69) is 6.07 Å². The van der Waals surface area contributed by atoms with E-state index < -0.39 is 10.8 Å². The Morgan fingerprint density at radius 1 is 1.44 bits per heavy atom. The second kappa shape index (κ2) is 7.02. The van der Waals surface area contributed by atoms with E-state index in [0.29, 0.717) is 12.2 Å². The van der Waals surface area contributed by atoms with Crippen molar-refractivity contribution in [3.63, 3.8) is 0 Å². The molecule has 0 bridgehead atoms. The number of unbranched alkanes of at least 4 members (excludes halogenated alkanes) is 2. The summed E-state index contributed by atoms with van der Waals surface area (Å²) in [7, 11) is 0.604. The van der Waals surface area contributed by atoms with E-state index in [1.54, 1.807) is 13.2 Å². The highest BCUT2D eigenvalue weighted by atomic mass is 32.2. The van der Waals surface area contributed by atoms with Crippen LogP contribution in [0.1, 0.15) is 19.3 Å². The van der Waals surface area contributed by atoms with E-state index in [9.17, 15) is 4.21 Å². The first-order chi connectivity index (χ1) is 7.77. The summed E-state index contributed by atoms with van der Waals surface area (Å²) < 4.78 is 16.9. The van der Waals surface area contributed by atoms with Crippen LogP contribution < -0.4 is 4.74 Å². The maximum Gasteiger partial charge on any atom is 0.120 e. The monoisotopic (exact) mass is 237 g/mol. The number of nitriles is 1. The summed E-state index contributed by atoms with van der Waals surface area (Å²) in [5.74, 6) is 1.33. The molecule has 1 aromatic carbocycles. The third-order valence-electron chi connectivity index (χ3n) is 2.17. The summed E-state index contributed by atoms with van der Waals surface area (Å²) in [6, 6.07) is 9.37.